The van der Waals surface area contributed by atoms with Gasteiger partial charge in [0.25, 0.3) is 0 Å². The van der Waals surface area contributed by atoms with Crippen molar-refractivity contribution >= 4 is 46.5 Å². The Morgan fingerprint density at radius 1 is 0.514 bits per heavy atom. The average molecular weight is 487 g/mol. The Kier molecular flexibility index (Phi) is 6.79. The highest BCUT2D eigenvalue weighted by Crippen LogP contribution is 2.31. The molecule has 0 atom stereocenters. The Bertz CT molecular complexity index is 1240. The molecular weight excluding hydrogens is 464 g/mol. The van der Waals surface area contributed by atoms with Crippen LogP contribution >= 0.6 is 11.8 Å². The summed E-state index contributed by atoms with van der Waals surface area (Å²) in [5, 5.41) is 0. The van der Waals surface area contributed by atoms with E-state index in [4.69, 9.17) is 32.4 Å². The van der Waals surface area contributed by atoms with Crippen LogP contribution in [0.1, 0.15) is 20.7 Å². The maximum absolute atomic E-state index is 12.3. The molecule has 8 nitrogen and oxygen atoms in total. The van der Waals surface area contributed by atoms with Gasteiger partial charge < -0.3 is 32.4 Å². The summed E-state index contributed by atoms with van der Waals surface area (Å²) in [6.07, 6.45) is 0. The lowest BCUT2D eigenvalue weighted by Crippen LogP contribution is -2.09. The van der Waals surface area contributed by atoms with Crippen LogP contribution in [-0.2, 0) is 0 Å². The molecule has 0 aliphatic carbocycles. The first-order valence-electron chi connectivity index (χ1n) is 10.4. The van der Waals surface area contributed by atoms with Crippen LogP contribution in [0.5, 0.6) is 11.5 Å². The molecule has 4 rings (SSSR count). The fourth-order valence-electron chi connectivity index (χ4n) is 3.21. The lowest BCUT2D eigenvalue weighted by atomic mass is 10.2. The molecule has 0 radical (unpaired) electrons. The van der Waals surface area contributed by atoms with Crippen molar-refractivity contribution in [1.29, 1.82) is 0 Å². The van der Waals surface area contributed by atoms with E-state index >= 15 is 0 Å². The number of carbonyl (C=O) groups excluding carboxylic acids is 2. The van der Waals surface area contributed by atoms with Crippen LogP contribution < -0.4 is 32.4 Å². The van der Waals surface area contributed by atoms with Crippen molar-refractivity contribution < 1.29 is 19.1 Å². The fraction of sp³-hybridized carbons (Fsp3) is 0. The molecule has 0 saturated heterocycles. The van der Waals surface area contributed by atoms with E-state index in [1.807, 2.05) is 24.3 Å². The van der Waals surface area contributed by atoms with Crippen molar-refractivity contribution in [3.05, 3.63) is 96.1 Å². The van der Waals surface area contributed by atoms with Crippen LogP contribution in [0.15, 0.2) is 94.7 Å². The highest BCUT2D eigenvalue weighted by molar-refractivity contribution is 7.99. The summed E-state index contributed by atoms with van der Waals surface area (Å²) >= 11 is 1.50. The van der Waals surface area contributed by atoms with Crippen LogP contribution in [0.3, 0.4) is 0 Å². The number of nitrogens with two attached hydrogens (primary N) is 4. The molecule has 8 N–H and O–H groups in total. The summed E-state index contributed by atoms with van der Waals surface area (Å²) < 4.78 is 10.8. The summed E-state index contributed by atoms with van der Waals surface area (Å²) in [6, 6.07) is 23.3. The van der Waals surface area contributed by atoms with Gasteiger partial charge in [0.1, 0.15) is 11.5 Å². The quantitative estimate of drug-likeness (QED) is 0.174. The molecule has 0 unspecified atom stereocenters. The first kappa shape index (κ1) is 23.5. The summed E-state index contributed by atoms with van der Waals surface area (Å²) in [7, 11) is 0. The van der Waals surface area contributed by atoms with Crippen molar-refractivity contribution in [2.75, 3.05) is 22.9 Å². The fourth-order valence-corrected chi connectivity index (χ4v) is 4.02. The van der Waals surface area contributed by atoms with E-state index in [0.29, 0.717) is 34.2 Å². The van der Waals surface area contributed by atoms with Crippen LogP contribution in [0.25, 0.3) is 0 Å². The summed E-state index contributed by atoms with van der Waals surface area (Å²) in [6.45, 7) is 0. The minimum absolute atomic E-state index is 0.279. The van der Waals surface area contributed by atoms with Gasteiger partial charge in [-0.2, -0.15) is 0 Å². The SMILES string of the molecule is Nc1cc(N)cc(C(=O)Oc2ccc(Sc3ccc(OC(=O)c4cc(N)cc(N)c4)cc3)cc2)c1. The zero-order valence-corrected chi connectivity index (χ0v) is 19.3. The second-order valence-electron chi connectivity index (χ2n) is 7.60. The molecule has 0 spiro atoms. The summed E-state index contributed by atoms with van der Waals surface area (Å²) in [5.41, 5.74) is 25.0. The lowest BCUT2D eigenvalue weighted by molar-refractivity contribution is 0.0725. The normalized spacial score (nSPS) is 10.5. The molecule has 35 heavy (non-hydrogen) atoms. The summed E-state index contributed by atoms with van der Waals surface area (Å²) in [5.74, 6) is -0.305. The molecule has 0 aliphatic rings. The third-order valence-corrected chi connectivity index (χ3v) is 5.75. The molecular formula is C26H22N4O4S. The van der Waals surface area contributed by atoms with Crippen molar-refractivity contribution in [3.63, 3.8) is 0 Å². The van der Waals surface area contributed by atoms with Gasteiger partial charge in [-0.25, -0.2) is 9.59 Å². The minimum atomic E-state index is -0.546. The molecule has 0 fully saturated rings. The van der Waals surface area contributed by atoms with Gasteiger partial charge in [-0.1, -0.05) is 11.8 Å². The van der Waals surface area contributed by atoms with E-state index in [1.165, 1.54) is 36.0 Å². The number of rotatable bonds is 6. The lowest BCUT2D eigenvalue weighted by Gasteiger charge is -2.08. The second-order valence-corrected chi connectivity index (χ2v) is 8.75. The number of ether oxygens (including phenoxy) is 2. The standard InChI is InChI=1S/C26H22N4O4S/c27-17-9-15(10-18(28)13-17)25(31)33-21-1-5-23(6-2-21)35-24-7-3-22(4-8-24)34-26(32)16-11-19(29)14-20(30)12-16/h1-14H,27-30H2. The van der Waals surface area contributed by atoms with E-state index < -0.39 is 11.9 Å². The van der Waals surface area contributed by atoms with Crippen LogP contribution in [0.4, 0.5) is 22.7 Å². The van der Waals surface area contributed by atoms with E-state index in [2.05, 4.69) is 0 Å². The number of anilines is 4. The highest BCUT2D eigenvalue weighted by Gasteiger charge is 2.12. The van der Waals surface area contributed by atoms with Gasteiger partial charge in [-0.3, -0.25) is 0 Å². The summed E-state index contributed by atoms with van der Waals surface area (Å²) in [4.78, 5) is 26.5. The zero-order valence-electron chi connectivity index (χ0n) is 18.4. The predicted octanol–water partition coefficient (Wildman–Crippen LogP) is 4.61. The highest BCUT2D eigenvalue weighted by atomic mass is 32.2. The third-order valence-electron chi connectivity index (χ3n) is 4.73. The smallest absolute Gasteiger partial charge is 0.343 e. The molecule has 0 amide bonds. The molecule has 9 heteroatoms. The average Bonchev–Trinajstić information content (AvgIpc) is 2.80. The molecule has 4 aromatic rings. The molecule has 0 bridgehead atoms. The second kappa shape index (κ2) is 10.1. The number of hydrogen-bond acceptors (Lipinski definition) is 9. The number of esters is 2. The molecule has 0 aromatic heterocycles. The van der Waals surface area contributed by atoms with Gasteiger partial charge in [-0.05, 0) is 84.9 Å². The number of nitrogen functional groups attached to an aromatic ring is 4. The van der Waals surface area contributed by atoms with Crippen molar-refractivity contribution in [1.82, 2.24) is 0 Å². The maximum Gasteiger partial charge on any atom is 0.343 e. The number of benzene rings is 4. The molecule has 0 aliphatic heterocycles. The van der Waals surface area contributed by atoms with Crippen molar-refractivity contribution in [2.45, 2.75) is 9.79 Å². The minimum Gasteiger partial charge on any atom is -0.423 e. The van der Waals surface area contributed by atoms with Crippen LogP contribution in [0.2, 0.25) is 0 Å². The Morgan fingerprint density at radius 3 is 1.14 bits per heavy atom. The third kappa shape index (κ3) is 6.24. The molecule has 4 aromatic carbocycles. The van der Waals surface area contributed by atoms with Gasteiger partial charge in [0.05, 0.1) is 11.1 Å². The van der Waals surface area contributed by atoms with E-state index in [-0.39, 0.29) is 11.1 Å². The van der Waals surface area contributed by atoms with Gasteiger partial charge >= 0.3 is 11.9 Å². The number of hydrogen-bond donors (Lipinski definition) is 4. The Morgan fingerprint density at radius 2 is 0.829 bits per heavy atom. The van der Waals surface area contributed by atoms with Gasteiger partial charge in [0.15, 0.2) is 0 Å². The molecule has 0 saturated carbocycles. The van der Waals surface area contributed by atoms with Crippen LogP contribution in [0, 0.1) is 0 Å². The maximum atomic E-state index is 12.3. The van der Waals surface area contributed by atoms with E-state index in [1.54, 1.807) is 36.4 Å². The first-order chi connectivity index (χ1) is 16.7. The molecule has 0 heterocycles. The van der Waals surface area contributed by atoms with Gasteiger partial charge in [0.2, 0.25) is 0 Å². The zero-order chi connectivity index (χ0) is 24.9. The van der Waals surface area contributed by atoms with Crippen molar-refractivity contribution in [2.24, 2.45) is 0 Å². The first-order valence-corrected chi connectivity index (χ1v) is 11.2. The largest absolute Gasteiger partial charge is 0.423 e. The van der Waals surface area contributed by atoms with E-state index in [0.717, 1.165) is 9.79 Å². The van der Waals surface area contributed by atoms with Gasteiger partial charge in [0, 0.05) is 32.5 Å². The topological polar surface area (TPSA) is 157 Å². The van der Waals surface area contributed by atoms with E-state index in [9.17, 15) is 9.59 Å². The van der Waals surface area contributed by atoms with Crippen LogP contribution in [-0.4, -0.2) is 11.9 Å². The van der Waals surface area contributed by atoms with Gasteiger partial charge in [-0.15, -0.1) is 0 Å². The monoisotopic (exact) mass is 486 g/mol. The Labute approximate surface area is 205 Å². The van der Waals surface area contributed by atoms with Crippen molar-refractivity contribution in [3.8, 4) is 11.5 Å². The number of carbonyl (C=O) groups is 2. The predicted molar refractivity (Wildman–Crippen MR) is 137 cm³/mol. The Hall–Kier alpha value is -4.63. The molecule has 176 valence electrons. The Balaban J connectivity index is 1.35.